The van der Waals surface area contributed by atoms with Gasteiger partial charge in [0, 0.05) is 11.1 Å². The van der Waals surface area contributed by atoms with Crippen LogP contribution < -0.4 is 10.6 Å². The minimum Gasteiger partial charge on any atom is -0.345 e. The Bertz CT molecular complexity index is 1110. The second-order valence-electron chi connectivity index (χ2n) is 8.42. The van der Waals surface area contributed by atoms with Gasteiger partial charge in [-0.1, -0.05) is 36.4 Å². The van der Waals surface area contributed by atoms with Gasteiger partial charge >= 0.3 is 0 Å². The monoisotopic (exact) mass is 426 g/mol. The van der Waals surface area contributed by atoms with Crippen LogP contribution in [0.3, 0.4) is 0 Å². The molecule has 4 N–H and O–H groups in total. The normalized spacial score (nSPS) is 17.8. The maximum absolute atomic E-state index is 4.60. The number of hydrogen-bond acceptors (Lipinski definition) is 4. The molecule has 0 bridgehead atoms. The zero-order chi connectivity index (χ0) is 21.6. The van der Waals surface area contributed by atoms with Crippen LogP contribution in [0.4, 0.5) is 0 Å². The highest BCUT2D eigenvalue weighted by atomic mass is 15.0. The first-order valence-corrected chi connectivity index (χ1v) is 11.6. The van der Waals surface area contributed by atoms with Gasteiger partial charge in [0.05, 0.1) is 36.2 Å². The molecule has 6 rings (SSSR count). The van der Waals surface area contributed by atoms with Crippen molar-refractivity contribution in [2.24, 2.45) is 0 Å². The van der Waals surface area contributed by atoms with Crippen molar-refractivity contribution in [2.75, 3.05) is 19.6 Å². The molecule has 32 heavy (non-hydrogen) atoms. The first kappa shape index (κ1) is 20.7. The van der Waals surface area contributed by atoms with Gasteiger partial charge in [0.25, 0.3) is 0 Å². The largest absolute Gasteiger partial charge is 0.345 e. The van der Waals surface area contributed by atoms with Gasteiger partial charge in [0.15, 0.2) is 0 Å². The first-order chi connectivity index (χ1) is 15.9. The molecule has 2 fully saturated rings. The van der Waals surface area contributed by atoms with Crippen LogP contribution in [0.15, 0.2) is 67.3 Å². The fraction of sp³-hybridized carbons (Fsp3) is 0.308. The Kier molecular flexibility index (Phi) is 6.42. The summed E-state index contributed by atoms with van der Waals surface area (Å²) in [5.41, 5.74) is 6.73. The number of rotatable bonds is 4. The minimum atomic E-state index is 0.355. The molecule has 2 aliphatic heterocycles. The third-order valence-electron chi connectivity index (χ3n) is 6.12. The number of H-pyrrole nitrogens is 2. The summed E-state index contributed by atoms with van der Waals surface area (Å²) in [6.07, 6.45) is 10.6. The highest BCUT2D eigenvalue weighted by Crippen LogP contribution is 2.29. The van der Waals surface area contributed by atoms with E-state index < -0.39 is 0 Å². The fourth-order valence-corrected chi connectivity index (χ4v) is 4.35. The summed E-state index contributed by atoms with van der Waals surface area (Å²) in [5, 5.41) is 6.71. The van der Waals surface area contributed by atoms with E-state index in [1.165, 1.54) is 43.5 Å². The minimum absolute atomic E-state index is 0.355. The third-order valence-corrected chi connectivity index (χ3v) is 6.12. The second-order valence-corrected chi connectivity index (χ2v) is 8.42. The van der Waals surface area contributed by atoms with E-state index in [-0.39, 0.29) is 0 Å². The maximum Gasteiger partial charge on any atom is 0.123 e. The van der Waals surface area contributed by atoms with Crippen LogP contribution in [-0.2, 0) is 0 Å². The average Bonchev–Trinajstić information content (AvgIpc) is 3.68. The summed E-state index contributed by atoms with van der Waals surface area (Å²) < 4.78 is 0. The Morgan fingerprint density at radius 2 is 1.47 bits per heavy atom. The quantitative estimate of drug-likeness (QED) is 0.373. The lowest BCUT2D eigenvalue weighted by Gasteiger charge is -2.07. The Labute approximate surface area is 188 Å². The molecular weight excluding hydrogens is 396 g/mol. The lowest BCUT2D eigenvalue weighted by atomic mass is 9.99. The van der Waals surface area contributed by atoms with Gasteiger partial charge in [-0.15, -0.1) is 0 Å². The summed E-state index contributed by atoms with van der Waals surface area (Å²) in [7, 11) is 0. The van der Waals surface area contributed by atoms with E-state index in [0.717, 1.165) is 41.3 Å². The first-order valence-electron chi connectivity index (χ1n) is 11.6. The van der Waals surface area contributed by atoms with Crippen molar-refractivity contribution in [3.05, 3.63) is 73.1 Å². The molecule has 0 radical (unpaired) electrons. The molecule has 1 atom stereocenters. The van der Waals surface area contributed by atoms with E-state index in [1.54, 1.807) is 6.33 Å². The molecule has 1 unspecified atom stereocenters. The summed E-state index contributed by atoms with van der Waals surface area (Å²) in [6, 6.07) is 17.4. The van der Waals surface area contributed by atoms with Crippen molar-refractivity contribution in [1.29, 1.82) is 0 Å². The van der Waals surface area contributed by atoms with E-state index in [9.17, 15) is 0 Å². The Hall–Kier alpha value is -3.22. The van der Waals surface area contributed by atoms with Gasteiger partial charge in [-0.25, -0.2) is 9.97 Å². The van der Waals surface area contributed by atoms with Crippen LogP contribution in [0.5, 0.6) is 0 Å². The second kappa shape index (κ2) is 9.94. The number of nitrogens with zero attached hydrogens (tertiary/aromatic N) is 2. The van der Waals surface area contributed by atoms with Gasteiger partial charge in [-0.2, -0.15) is 0 Å². The van der Waals surface area contributed by atoms with Crippen LogP contribution >= 0.6 is 0 Å². The highest BCUT2D eigenvalue weighted by molar-refractivity contribution is 5.75. The third kappa shape index (κ3) is 4.82. The van der Waals surface area contributed by atoms with Crippen molar-refractivity contribution >= 4 is 0 Å². The smallest absolute Gasteiger partial charge is 0.123 e. The van der Waals surface area contributed by atoms with Crippen molar-refractivity contribution in [1.82, 2.24) is 30.6 Å². The zero-order valence-electron chi connectivity index (χ0n) is 18.3. The van der Waals surface area contributed by atoms with Gasteiger partial charge in [-0.3, -0.25) is 0 Å². The predicted molar refractivity (Wildman–Crippen MR) is 129 cm³/mol. The summed E-state index contributed by atoms with van der Waals surface area (Å²) in [5.74, 6) is 1.04. The maximum atomic E-state index is 4.60. The fourth-order valence-electron chi connectivity index (χ4n) is 4.35. The zero-order valence-corrected chi connectivity index (χ0v) is 18.3. The van der Waals surface area contributed by atoms with Gasteiger partial charge < -0.3 is 20.6 Å². The van der Waals surface area contributed by atoms with Gasteiger partial charge in [0.1, 0.15) is 5.82 Å². The number of aromatic nitrogens is 4. The van der Waals surface area contributed by atoms with Crippen molar-refractivity contribution < 1.29 is 0 Å². The SMILES string of the molecule is C1CCNC1.c1cc(-c2cccc(-c3cnc(C4CCCN4)[nH]3)c2)cc(-c2cnc[nH]2)c1. The molecule has 0 amide bonds. The molecule has 2 aromatic carbocycles. The molecule has 2 saturated heterocycles. The molecule has 2 aromatic heterocycles. The van der Waals surface area contributed by atoms with Crippen LogP contribution in [0.1, 0.15) is 37.5 Å². The number of nitrogens with one attached hydrogen (secondary N) is 4. The molecular formula is C26H30N6. The molecule has 4 aromatic rings. The van der Waals surface area contributed by atoms with Crippen molar-refractivity contribution in [2.45, 2.75) is 31.7 Å². The summed E-state index contributed by atoms with van der Waals surface area (Å²) in [4.78, 5) is 15.4. The van der Waals surface area contributed by atoms with E-state index in [4.69, 9.17) is 0 Å². The molecule has 164 valence electrons. The molecule has 2 aliphatic rings. The molecule has 0 saturated carbocycles. The summed E-state index contributed by atoms with van der Waals surface area (Å²) >= 11 is 0. The molecule has 0 spiro atoms. The van der Waals surface area contributed by atoms with Crippen LogP contribution in [-0.4, -0.2) is 39.6 Å². The highest BCUT2D eigenvalue weighted by Gasteiger charge is 2.19. The number of imidazole rings is 2. The van der Waals surface area contributed by atoms with Crippen molar-refractivity contribution in [3.63, 3.8) is 0 Å². The lowest BCUT2D eigenvalue weighted by molar-refractivity contribution is 0.613. The van der Waals surface area contributed by atoms with E-state index >= 15 is 0 Å². The number of benzene rings is 2. The number of aromatic amines is 2. The Morgan fingerprint density at radius 1 is 0.750 bits per heavy atom. The van der Waals surface area contributed by atoms with Gasteiger partial charge in [-0.05, 0) is 68.6 Å². The van der Waals surface area contributed by atoms with Crippen LogP contribution in [0.25, 0.3) is 33.6 Å². The molecule has 6 nitrogen and oxygen atoms in total. The van der Waals surface area contributed by atoms with Gasteiger partial charge in [0.2, 0.25) is 0 Å². The molecule has 4 heterocycles. The van der Waals surface area contributed by atoms with Crippen LogP contribution in [0.2, 0.25) is 0 Å². The average molecular weight is 427 g/mol. The predicted octanol–water partition coefficient (Wildman–Crippen LogP) is 4.93. The topological polar surface area (TPSA) is 81.4 Å². The standard InChI is InChI=1S/C22H21N5.C4H9N/c1-4-15(10-17(6-1)20-12-23-14-26-20)16-5-2-7-18(11-16)21-13-25-22(27-21)19-8-3-9-24-19;1-2-4-5-3-1/h1-2,4-7,10-14,19,24H,3,8-9H2,(H,23,26)(H,25,27);5H,1-4H2. The number of hydrogen-bond donors (Lipinski definition) is 4. The summed E-state index contributed by atoms with van der Waals surface area (Å²) in [6.45, 7) is 3.57. The lowest BCUT2D eigenvalue weighted by Crippen LogP contribution is -2.14. The molecule has 0 aliphatic carbocycles. The van der Waals surface area contributed by atoms with E-state index in [2.05, 4.69) is 79.1 Å². The Balaban J connectivity index is 0.000000383. The van der Waals surface area contributed by atoms with E-state index in [1.807, 2.05) is 12.4 Å². The van der Waals surface area contributed by atoms with Crippen LogP contribution in [0, 0.1) is 0 Å². The van der Waals surface area contributed by atoms with Crippen molar-refractivity contribution in [3.8, 4) is 33.6 Å². The van der Waals surface area contributed by atoms with E-state index in [0.29, 0.717) is 6.04 Å². The molecule has 6 heteroatoms. The Morgan fingerprint density at radius 3 is 2.06 bits per heavy atom.